The van der Waals surface area contributed by atoms with Gasteiger partial charge in [0.15, 0.2) is 0 Å². The zero-order valence-corrected chi connectivity index (χ0v) is 19.7. The highest BCUT2D eigenvalue weighted by Gasteiger charge is 2.40. The summed E-state index contributed by atoms with van der Waals surface area (Å²) < 4.78 is 0. The number of rotatable bonds is 12. The van der Waals surface area contributed by atoms with E-state index < -0.39 is 23.6 Å². The van der Waals surface area contributed by atoms with Crippen LogP contribution in [0.15, 0.2) is 24.3 Å². The fraction of sp³-hybridized carbons (Fsp3) is 0.462. The maximum atomic E-state index is 13.1. The van der Waals surface area contributed by atoms with Crippen LogP contribution in [0.3, 0.4) is 0 Å². The Labute approximate surface area is 198 Å². The number of carbonyl (C=O) groups is 4. The quantitative estimate of drug-likeness (QED) is 0.321. The summed E-state index contributed by atoms with van der Waals surface area (Å²) in [5.41, 5.74) is 0.938. The second-order valence-corrected chi connectivity index (χ2v) is 8.67. The Bertz CT molecular complexity index is 983. The molecule has 8 nitrogen and oxygen atoms in total. The van der Waals surface area contributed by atoms with Gasteiger partial charge in [-0.1, -0.05) is 52.4 Å². The molecule has 0 spiro atoms. The highest BCUT2D eigenvalue weighted by Crippen LogP contribution is 2.38. The van der Waals surface area contributed by atoms with Gasteiger partial charge in [-0.2, -0.15) is 0 Å². The minimum Gasteiger partial charge on any atom is -0.266 e. The van der Waals surface area contributed by atoms with Gasteiger partial charge >= 0.3 is 0 Å². The second-order valence-electron chi connectivity index (χ2n) is 8.67. The highest BCUT2D eigenvalue weighted by atomic mass is 16.7. The summed E-state index contributed by atoms with van der Waals surface area (Å²) in [5, 5.41) is 2.23. The molecule has 180 valence electrons. The average molecular weight is 467 g/mol. The van der Waals surface area contributed by atoms with E-state index >= 15 is 0 Å². The fourth-order valence-corrected chi connectivity index (χ4v) is 4.43. The van der Waals surface area contributed by atoms with Crippen LogP contribution in [0.4, 0.5) is 0 Å². The van der Waals surface area contributed by atoms with E-state index in [4.69, 9.17) is 9.68 Å². The lowest BCUT2D eigenvalue weighted by Gasteiger charge is -2.30. The highest BCUT2D eigenvalue weighted by molar-refractivity contribution is 6.32. The van der Waals surface area contributed by atoms with E-state index in [9.17, 15) is 19.2 Å². The molecule has 34 heavy (non-hydrogen) atoms. The first-order valence-electron chi connectivity index (χ1n) is 12.1. The van der Waals surface area contributed by atoms with Crippen LogP contribution in [0, 0.1) is 0 Å². The normalized spacial score (nSPS) is 15.1. The van der Waals surface area contributed by atoms with Crippen LogP contribution in [0.2, 0.25) is 0 Å². The molecule has 2 aromatic rings. The Hall–Kier alpha value is -3.10. The molecule has 0 aliphatic carbocycles. The molecule has 2 aliphatic heterocycles. The van der Waals surface area contributed by atoms with Crippen molar-refractivity contribution < 1.29 is 28.9 Å². The van der Waals surface area contributed by atoms with Crippen molar-refractivity contribution in [3.63, 3.8) is 0 Å². The van der Waals surface area contributed by atoms with Crippen molar-refractivity contribution in [2.24, 2.45) is 0 Å². The van der Waals surface area contributed by atoms with Gasteiger partial charge in [-0.3, -0.25) is 28.9 Å². The number of carbonyl (C=O) groups excluding carboxylic acids is 4. The van der Waals surface area contributed by atoms with Crippen LogP contribution in [0.5, 0.6) is 0 Å². The fourth-order valence-electron chi connectivity index (χ4n) is 4.43. The lowest BCUT2D eigenvalue weighted by Crippen LogP contribution is -2.43. The lowest BCUT2D eigenvalue weighted by atomic mass is 9.87. The molecular formula is C26H30N2O6. The van der Waals surface area contributed by atoms with Crippen molar-refractivity contribution >= 4 is 34.4 Å². The molecule has 0 atom stereocenters. The van der Waals surface area contributed by atoms with Gasteiger partial charge in [0.1, 0.15) is 0 Å². The van der Waals surface area contributed by atoms with Crippen LogP contribution in [0.1, 0.15) is 107 Å². The second kappa shape index (κ2) is 10.4. The van der Waals surface area contributed by atoms with Crippen LogP contribution < -0.4 is 0 Å². The van der Waals surface area contributed by atoms with Crippen LogP contribution >= 0.6 is 0 Å². The first kappa shape index (κ1) is 24.0. The van der Waals surface area contributed by atoms with Gasteiger partial charge in [0.25, 0.3) is 23.6 Å². The zero-order valence-electron chi connectivity index (χ0n) is 19.7. The summed E-state index contributed by atoms with van der Waals surface area (Å²) in [5.74, 6) is -2.37. The zero-order chi connectivity index (χ0) is 24.2. The molecule has 0 saturated heterocycles. The molecule has 2 aromatic carbocycles. The summed E-state index contributed by atoms with van der Waals surface area (Å²) in [7, 11) is 0. The lowest BCUT2D eigenvalue weighted by molar-refractivity contribution is -0.0968. The van der Waals surface area contributed by atoms with E-state index in [-0.39, 0.29) is 35.5 Å². The van der Waals surface area contributed by atoms with Crippen molar-refractivity contribution in [3.05, 3.63) is 46.5 Å². The Kier molecular flexibility index (Phi) is 7.38. The van der Waals surface area contributed by atoms with Crippen LogP contribution in [0.25, 0.3) is 10.8 Å². The predicted octanol–water partition coefficient (Wildman–Crippen LogP) is 5.06. The van der Waals surface area contributed by atoms with E-state index in [0.29, 0.717) is 10.8 Å². The number of benzene rings is 2. The molecule has 8 heteroatoms. The maximum absolute atomic E-state index is 13.1. The van der Waals surface area contributed by atoms with Crippen molar-refractivity contribution in [1.82, 2.24) is 10.1 Å². The topological polar surface area (TPSA) is 93.2 Å². The third kappa shape index (κ3) is 4.23. The van der Waals surface area contributed by atoms with Gasteiger partial charge in [-0.25, -0.2) is 0 Å². The standard InChI is InChI=1S/C26H30N2O6/c1-3-5-7-9-15-33-27-23(29)17-11-13-19-22-20(14-12-18(21(17)22)24(27)30)26(32)28(25(19)31)34-16-10-8-6-4-2/h11-14H,3-10,15-16H2,1-2H3. The minimum absolute atomic E-state index is 0.235. The predicted molar refractivity (Wildman–Crippen MR) is 125 cm³/mol. The molecule has 0 bridgehead atoms. The van der Waals surface area contributed by atoms with Gasteiger partial charge in [-0.05, 0) is 37.1 Å². The molecule has 0 radical (unpaired) electrons. The average Bonchev–Trinajstić information content (AvgIpc) is 2.84. The maximum Gasteiger partial charge on any atom is 0.285 e. The van der Waals surface area contributed by atoms with E-state index in [0.717, 1.165) is 61.5 Å². The van der Waals surface area contributed by atoms with E-state index in [2.05, 4.69) is 13.8 Å². The van der Waals surface area contributed by atoms with E-state index in [1.165, 1.54) is 24.3 Å². The first-order chi connectivity index (χ1) is 16.5. The Morgan fingerprint density at radius 2 is 0.853 bits per heavy atom. The number of hydroxylamine groups is 4. The largest absolute Gasteiger partial charge is 0.285 e. The summed E-state index contributed by atoms with van der Waals surface area (Å²) in [6, 6.07) is 6.06. The molecule has 2 heterocycles. The molecule has 0 fully saturated rings. The van der Waals surface area contributed by atoms with Crippen LogP contribution in [-0.4, -0.2) is 47.0 Å². The molecule has 4 amide bonds. The summed E-state index contributed by atoms with van der Waals surface area (Å²) in [4.78, 5) is 63.5. The van der Waals surface area contributed by atoms with Gasteiger partial charge in [-0.15, -0.1) is 10.1 Å². The minimum atomic E-state index is -0.591. The Morgan fingerprint density at radius 1 is 0.529 bits per heavy atom. The number of unbranched alkanes of at least 4 members (excludes halogenated alkanes) is 6. The van der Waals surface area contributed by atoms with Gasteiger partial charge in [0.2, 0.25) is 0 Å². The first-order valence-corrected chi connectivity index (χ1v) is 12.1. The number of hydrogen-bond donors (Lipinski definition) is 0. The van der Waals surface area contributed by atoms with Gasteiger partial charge < -0.3 is 0 Å². The Balaban J connectivity index is 1.62. The number of amides is 4. The van der Waals surface area contributed by atoms with E-state index in [1.54, 1.807) is 0 Å². The summed E-state index contributed by atoms with van der Waals surface area (Å²) in [6.45, 7) is 4.71. The van der Waals surface area contributed by atoms with Crippen molar-refractivity contribution in [1.29, 1.82) is 0 Å². The van der Waals surface area contributed by atoms with Gasteiger partial charge in [0.05, 0.1) is 35.5 Å². The van der Waals surface area contributed by atoms with Crippen molar-refractivity contribution in [2.45, 2.75) is 65.2 Å². The van der Waals surface area contributed by atoms with E-state index in [1.807, 2.05) is 0 Å². The molecule has 0 unspecified atom stereocenters. The number of nitrogens with zero attached hydrogens (tertiary/aromatic N) is 2. The smallest absolute Gasteiger partial charge is 0.266 e. The summed E-state index contributed by atoms with van der Waals surface area (Å²) >= 11 is 0. The Morgan fingerprint density at radius 3 is 1.15 bits per heavy atom. The monoisotopic (exact) mass is 466 g/mol. The third-order valence-electron chi connectivity index (χ3n) is 6.26. The van der Waals surface area contributed by atoms with Crippen molar-refractivity contribution in [3.8, 4) is 0 Å². The molecule has 0 saturated carbocycles. The molecular weight excluding hydrogens is 436 g/mol. The molecule has 0 N–H and O–H groups in total. The molecule has 0 aromatic heterocycles. The van der Waals surface area contributed by atoms with Crippen LogP contribution in [-0.2, 0) is 9.68 Å². The molecule has 2 aliphatic rings. The number of hydrogen-bond acceptors (Lipinski definition) is 6. The van der Waals surface area contributed by atoms with Gasteiger partial charge in [0, 0.05) is 10.8 Å². The summed E-state index contributed by atoms with van der Waals surface area (Å²) in [6.07, 6.45) is 7.63. The SMILES string of the molecule is CCCCCCON1C(=O)c2ccc3c4c(ccc(c24)C1=O)C(=O)N(OCCCCCC)C3=O. The van der Waals surface area contributed by atoms with Crippen molar-refractivity contribution in [2.75, 3.05) is 13.2 Å². The third-order valence-corrected chi connectivity index (χ3v) is 6.26. The molecule has 4 rings (SSSR count). The number of imide groups is 2.